The molecule has 0 saturated heterocycles. The van der Waals surface area contributed by atoms with Gasteiger partial charge in [-0.3, -0.25) is 10.1 Å². The summed E-state index contributed by atoms with van der Waals surface area (Å²) in [5, 5.41) is 16.8. The van der Waals surface area contributed by atoms with E-state index in [0.29, 0.717) is 22.4 Å². The van der Waals surface area contributed by atoms with Crippen molar-refractivity contribution in [1.82, 2.24) is 4.98 Å². The number of nitrogens with zero attached hydrogens (tertiary/aromatic N) is 2. The summed E-state index contributed by atoms with van der Waals surface area (Å²) in [6.45, 7) is 0. The number of ether oxygens (including phenoxy) is 1. The lowest BCUT2D eigenvalue weighted by molar-refractivity contribution is -0.384. The Labute approximate surface area is 126 Å². The maximum atomic E-state index is 10.7. The molecule has 0 fully saturated rings. The van der Waals surface area contributed by atoms with Crippen molar-refractivity contribution in [3.63, 3.8) is 0 Å². The Balaban J connectivity index is 2.12. The number of thiocarbonyl (C=S) groups is 1. The Morgan fingerprint density at radius 3 is 2.76 bits per heavy atom. The van der Waals surface area contributed by atoms with Gasteiger partial charge in [-0.05, 0) is 30.4 Å². The molecule has 8 heteroatoms. The molecule has 2 N–H and O–H groups in total. The Hall–Kier alpha value is -2.74. The molecule has 1 aromatic carbocycles. The van der Waals surface area contributed by atoms with Crippen molar-refractivity contribution in [1.29, 1.82) is 0 Å². The molecular formula is C13H12N4O3S. The minimum absolute atomic E-state index is 0.0546. The van der Waals surface area contributed by atoms with Gasteiger partial charge in [0.05, 0.1) is 23.8 Å². The minimum atomic E-state index is -0.489. The Bertz CT molecular complexity index is 664. The summed E-state index contributed by atoms with van der Waals surface area (Å²) in [7, 11) is 1.43. The molecule has 0 amide bonds. The molecule has 7 nitrogen and oxygen atoms in total. The first-order chi connectivity index (χ1) is 10.1. The van der Waals surface area contributed by atoms with Gasteiger partial charge in [0.1, 0.15) is 11.6 Å². The second-order valence-corrected chi connectivity index (χ2v) is 4.34. The summed E-state index contributed by atoms with van der Waals surface area (Å²) in [4.78, 5) is 14.3. The maximum Gasteiger partial charge on any atom is 0.273 e. The zero-order valence-corrected chi connectivity index (χ0v) is 11.9. The first kappa shape index (κ1) is 14.7. The van der Waals surface area contributed by atoms with Crippen molar-refractivity contribution in [2.24, 2.45) is 0 Å². The smallest absolute Gasteiger partial charge is 0.273 e. The van der Waals surface area contributed by atoms with Gasteiger partial charge in [-0.1, -0.05) is 6.07 Å². The van der Waals surface area contributed by atoms with Crippen LogP contribution in [0, 0.1) is 10.1 Å². The van der Waals surface area contributed by atoms with Crippen LogP contribution in [0.4, 0.5) is 17.2 Å². The molecule has 1 heterocycles. The van der Waals surface area contributed by atoms with Crippen LogP contribution in [0.15, 0.2) is 42.6 Å². The molecule has 21 heavy (non-hydrogen) atoms. The third kappa shape index (κ3) is 3.86. The van der Waals surface area contributed by atoms with Crippen LogP contribution in [0.25, 0.3) is 0 Å². The lowest BCUT2D eigenvalue weighted by atomic mass is 10.2. The largest absolute Gasteiger partial charge is 0.494 e. The van der Waals surface area contributed by atoms with Crippen molar-refractivity contribution in [3.8, 4) is 5.75 Å². The van der Waals surface area contributed by atoms with E-state index in [1.54, 1.807) is 18.3 Å². The fourth-order valence-electron chi connectivity index (χ4n) is 1.60. The highest BCUT2D eigenvalue weighted by Gasteiger charge is 2.12. The summed E-state index contributed by atoms with van der Waals surface area (Å²) in [6.07, 6.45) is 1.64. The quantitative estimate of drug-likeness (QED) is 0.510. The fourth-order valence-corrected chi connectivity index (χ4v) is 1.82. The number of nitro benzene ring substituents is 1. The van der Waals surface area contributed by atoms with Gasteiger partial charge in [0.15, 0.2) is 5.11 Å². The lowest BCUT2D eigenvalue weighted by Gasteiger charge is -2.12. The molecule has 2 aromatic rings. The average Bonchev–Trinajstić information content (AvgIpc) is 2.48. The molecule has 1 aromatic heterocycles. The van der Waals surface area contributed by atoms with Gasteiger partial charge >= 0.3 is 0 Å². The second-order valence-electron chi connectivity index (χ2n) is 3.94. The van der Waals surface area contributed by atoms with Crippen molar-refractivity contribution in [2.45, 2.75) is 0 Å². The predicted octanol–water partition coefficient (Wildman–Crippen LogP) is 2.81. The SMILES string of the molecule is COc1cc([N+](=O)[O-])ccc1NC(=S)Nc1ccccn1. The molecular weight excluding hydrogens is 292 g/mol. The number of methoxy groups -OCH3 is 1. The van der Waals surface area contributed by atoms with E-state index < -0.39 is 4.92 Å². The molecule has 0 radical (unpaired) electrons. The van der Waals surface area contributed by atoms with Gasteiger partial charge in [-0.15, -0.1) is 0 Å². The number of nitro groups is 1. The summed E-state index contributed by atoms with van der Waals surface area (Å²) < 4.78 is 5.12. The number of nitrogens with one attached hydrogen (secondary N) is 2. The van der Waals surface area contributed by atoms with Gasteiger partial charge in [-0.2, -0.15) is 0 Å². The zero-order chi connectivity index (χ0) is 15.2. The third-order valence-electron chi connectivity index (χ3n) is 2.55. The summed E-state index contributed by atoms with van der Waals surface area (Å²) in [6, 6.07) is 9.61. The number of rotatable bonds is 4. The molecule has 108 valence electrons. The van der Waals surface area contributed by atoms with E-state index in [4.69, 9.17) is 17.0 Å². The van der Waals surface area contributed by atoms with E-state index in [-0.39, 0.29) is 5.69 Å². The molecule has 0 aliphatic rings. The van der Waals surface area contributed by atoms with Crippen LogP contribution in [0.3, 0.4) is 0 Å². The number of anilines is 2. The van der Waals surface area contributed by atoms with Gasteiger partial charge in [0.25, 0.3) is 5.69 Å². The van der Waals surface area contributed by atoms with Gasteiger partial charge in [0, 0.05) is 12.3 Å². The zero-order valence-electron chi connectivity index (χ0n) is 11.1. The monoisotopic (exact) mass is 304 g/mol. The second kappa shape index (κ2) is 6.62. The summed E-state index contributed by atoms with van der Waals surface area (Å²) in [5.41, 5.74) is 0.470. The summed E-state index contributed by atoms with van der Waals surface area (Å²) >= 11 is 5.16. The molecule has 0 aliphatic heterocycles. The van der Waals surface area contributed by atoms with Crippen molar-refractivity contribution >= 4 is 34.5 Å². The van der Waals surface area contributed by atoms with Crippen LogP contribution in [-0.2, 0) is 0 Å². The Morgan fingerprint density at radius 1 is 1.33 bits per heavy atom. The Morgan fingerprint density at radius 2 is 2.14 bits per heavy atom. The van der Waals surface area contributed by atoms with E-state index in [2.05, 4.69) is 15.6 Å². The standard InChI is InChI=1S/C13H12N4O3S/c1-20-11-8-9(17(18)19)5-6-10(11)15-13(21)16-12-4-2-3-7-14-12/h2-8H,1H3,(H2,14,15,16,21). The van der Waals surface area contributed by atoms with Crippen LogP contribution in [0.5, 0.6) is 5.75 Å². The highest BCUT2D eigenvalue weighted by atomic mass is 32.1. The van der Waals surface area contributed by atoms with Crippen molar-refractivity contribution in [2.75, 3.05) is 17.7 Å². The molecule has 2 rings (SSSR count). The number of benzene rings is 1. The number of aromatic nitrogens is 1. The van der Waals surface area contributed by atoms with E-state index in [1.165, 1.54) is 25.3 Å². The highest BCUT2D eigenvalue weighted by Crippen LogP contribution is 2.29. The molecule has 0 unspecified atom stereocenters. The van der Waals surface area contributed by atoms with Gasteiger partial charge in [-0.25, -0.2) is 4.98 Å². The Kier molecular flexibility index (Phi) is 4.62. The normalized spacial score (nSPS) is 9.76. The van der Waals surface area contributed by atoms with Crippen molar-refractivity contribution < 1.29 is 9.66 Å². The van der Waals surface area contributed by atoms with Crippen LogP contribution < -0.4 is 15.4 Å². The lowest BCUT2D eigenvalue weighted by Crippen LogP contribution is -2.20. The fraction of sp³-hybridized carbons (Fsp3) is 0.0769. The van der Waals surface area contributed by atoms with Crippen molar-refractivity contribution in [3.05, 3.63) is 52.7 Å². The van der Waals surface area contributed by atoms with Crippen LogP contribution in [0.2, 0.25) is 0 Å². The maximum absolute atomic E-state index is 10.7. The first-order valence-electron chi connectivity index (χ1n) is 5.91. The molecule has 0 saturated carbocycles. The van der Waals surface area contributed by atoms with Crippen LogP contribution in [-0.4, -0.2) is 22.1 Å². The van der Waals surface area contributed by atoms with Crippen LogP contribution >= 0.6 is 12.2 Å². The number of pyridine rings is 1. The number of hydrogen-bond donors (Lipinski definition) is 2. The number of hydrogen-bond acceptors (Lipinski definition) is 5. The van der Waals surface area contributed by atoms with Gasteiger partial charge < -0.3 is 15.4 Å². The molecule has 0 aliphatic carbocycles. The summed E-state index contributed by atoms with van der Waals surface area (Å²) in [5.74, 6) is 0.922. The van der Waals surface area contributed by atoms with Gasteiger partial charge in [0.2, 0.25) is 0 Å². The van der Waals surface area contributed by atoms with E-state index >= 15 is 0 Å². The van der Waals surface area contributed by atoms with E-state index in [1.807, 2.05) is 6.07 Å². The topological polar surface area (TPSA) is 89.3 Å². The molecule has 0 bridgehead atoms. The highest BCUT2D eigenvalue weighted by molar-refractivity contribution is 7.80. The van der Waals surface area contributed by atoms with E-state index in [9.17, 15) is 10.1 Å². The predicted molar refractivity (Wildman–Crippen MR) is 83.7 cm³/mol. The average molecular weight is 304 g/mol. The third-order valence-corrected chi connectivity index (χ3v) is 2.75. The molecule has 0 atom stereocenters. The minimum Gasteiger partial charge on any atom is -0.494 e. The van der Waals surface area contributed by atoms with Crippen LogP contribution in [0.1, 0.15) is 0 Å². The first-order valence-corrected chi connectivity index (χ1v) is 6.32. The van der Waals surface area contributed by atoms with E-state index in [0.717, 1.165) is 0 Å². The number of non-ortho nitro benzene ring substituents is 1. The molecule has 0 spiro atoms.